The fourth-order valence-electron chi connectivity index (χ4n) is 2.42. The van der Waals surface area contributed by atoms with E-state index < -0.39 is 5.60 Å². The van der Waals surface area contributed by atoms with Crippen LogP contribution < -0.4 is 0 Å². The van der Waals surface area contributed by atoms with Crippen molar-refractivity contribution in [3.8, 4) is 0 Å². The first-order valence-electron chi connectivity index (χ1n) is 6.47. The molecule has 2 atom stereocenters. The van der Waals surface area contributed by atoms with Gasteiger partial charge in [-0.2, -0.15) is 0 Å². The van der Waals surface area contributed by atoms with E-state index >= 15 is 0 Å². The van der Waals surface area contributed by atoms with Crippen molar-refractivity contribution in [2.45, 2.75) is 58.2 Å². The highest BCUT2D eigenvalue weighted by molar-refractivity contribution is 5.88. The zero-order valence-electron chi connectivity index (χ0n) is 11.2. The van der Waals surface area contributed by atoms with Crippen molar-refractivity contribution in [3.63, 3.8) is 0 Å². The van der Waals surface area contributed by atoms with Crippen molar-refractivity contribution < 1.29 is 19.1 Å². The number of ether oxygens (including phenoxy) is 2. The van der Waals surface area contributed by atoms with E-state index in [-0.39, 0.29) is 24.0 Å². The van der Waals surface area contributed by atoms with Crippen LogP contribution in [-0.2, 0) is 19.1 Å². The number of esters is 2. The summed E-state index contributed by atoms with van der Waals surface area (Å²) in [4.78, 5) is 23.1. The van der Waals surface area contributed by atoms with Crippen molar-refractivity contribution in [1.29, 1.82) is 0 Å². The van der Waals surface area contributed by atoms with Crippen LogP contribution in [0.25, 0.3) is 0 Å². The average Bonchev–Trinajstić information content (AvgIpc) is 2.45. The lowest BCUT2D eigenvalue weighted by molar-refractivity contribution is -0.150. The summed E-state index contributed by atoms with van der Waals surface area (Å²) in [6.07, 6.45) is 4.44. The minimum absolute atomic E-state index is 0.0440. The lowest BCUT2D eigenvalue weighted by atomic mass is 9.95. The number of fused-ring (bicyclic) bond motifs is 1. The van der Waals surface area contributed by atoms with E-state index in [9.17, 15) is 9.59 Å². The van der Waals surface area contributed by atoms with Gasteiger partial charge in [0.05, 0.1) is 6.42 Å². The van der Waals surface area contributed by atoms with Gasteiger partial charge < -0.3 is 9.47 Å². The van der Waals surface area contributed by atoms with Crippen LogP contribution in [-0.4, -0.2) is 23.6 Å². The maximum Gasteiger partial charge on any atom is 0.334 e. The SMILES string of the molecule is CC(C)(C)OC(=O)C1=CCC2OC(=O)CC2CC1. The van der Waals surface area contributed by atoms with Gasteiger partial charge in [0.1, 0.15) is 11.7 Å². The molecule has 4 nitrogen and oxygen atoms in total. The van der Waals surface area contributed by atoms with Gasteiger partial charge in [-0.3, -0.25) is 4.79 Å². The summed E-state index contributed by atoms with van der Waals surface area (Å²) >= 11 is 0. The maximum absolute atomic E-state index is 12.0. The van der Waals surface area contributed by atoms with Crippen LogP contribution in [0.4, 0.5) is 0 Å². The Kier molecular flexibility index (Phi) is 3.46. The van der Waals surface area contributed by atoms with Gasteiger partial charge >= 0.3 is 11.9 Å². The van der Waals surface area contributed by atoms with Gasteiger partial charge in [0.25, 0.3) is 0 Å². The largest absolute Gasteiger partial charge is 0.462 e. The van der Waals surface area contributed by atoms with Crippen LogP contribution in [0, 0.1) is 5.92 Å². The highest BCUT2D eigenvalue weighted by atomic mass is 16.6. The third kappa shape index (κ3) is 3.12. The molecule has 100 valence electrons. The molecule has 0 amide bonds. The van der Waals surface area contributed by atoms with Gasteiger partial charge in [0, 0.05) is 17.9 Å². The molecule has 0 N–H and O–H groups in total. The van der Waals surface area contributed by atoms with Crippen LogP contribution in [0.1, 0.15) is 46.5 Å². The topological polar surface area (TPSA) is 52.6 Å². The van der Waals surface area contributed by atoms with Crippen LogP contribution >= 0.6 is 0 Å². The van der Waals surface area contributed by atoms with Gasteiger partial charge in [0.15, 0.2) is 0 Å². The molecule has 1 aliphatic heterocycles. The minimum atomic E-state index is -0.466. The Balaban J connectivity index is 2.00. The number of carbonyl (C=O) groups is 2. The second-order valence-corrected chi connectivity index (χ2v) is 6.00. The molecule has 0 aromatic rings. The van der Waals surface area contributed by atoms with E-state index in [1.54, 1.807) is 0 Å². The highest BCUT2D eigenvalue weighted by Gasteiger charge is 2.36. The molecule has 1 aliphatic carbocycles. The van der Waals surface area contributed by atoms with Crippen molar-refractivity contribution in [1.82, 2.24) is 0 Å². The molecular formula is C14H20O4. The van der Waals surface area contributed by atoms with Crippen LogP contribution in [0.3, 0.4) is 0 Å². The highest BCUT2D eigenvalue weighted by Crippen LogP contribution is 2.33. The number of rotatable bonds is 1. The zero-order valence-corrected chi connectivity index (χ0v) is 11.2. The van der Waals surface area contributed by atoms with E-state index in [4.69, 9.17) is 9.47 Å². The van der Waals surface area contributed by atoms with Crippen molar-refractivity contribution in [3.05, 3.63) is 11.6 Å². The Labute approximate surface area is 107 Å². The molecule has 2 unspecified atom stereocenters. The van der Waals surface area contributed by atoms with Gasteiger partial charge in [-0.15, -0.1) is 0 Å². The number of hydrogen-bond acceptors (Lipinski definition) is 4. The average molecular weight is 252 g/mol. The van der Waals surface area contributed by atoms with Crippen molar-refractivity contribution >= 4 is 11.9 Å². The predicted octanol–water partition coefficient (Wildman–Crippen LogP) is 2.37. The molecule has 0 aromatic heterocycles. The van der Waals surface area contributed by atoms with Gasteiger partial charge in [0.2, 0.25) is 0 Å². The quantitative estimate of drug-likeness (QED) is 0.672. The summed E-state index contributed by atoms with van der Waals surface area (Å²) in [7, 11) is 0. The Morgan fingerprint density at radius 3 is 2.83 bits per heavy atom. The first-order chi connectivity index (χ1) is 8.35. The lowest BCUT2D eigenvalue weighted by Crippen LogP contribution is -2.24. The first kappa shape index (κ1) is 13.1. The lowest BCUT2D eigenvalue weighted by Gasteiger charge is -2.20. The molecule has 18 heavy (non-hydrogen) atoms. The monoisotopic (exact) mass is 252 g/mol. The molecule has 2 aliphatic rings. The minimum Gasteiger partial charge on any atom is -0.462 e. The van der Waals surface area contributed by atoms with Crippen molar-refractivity contribution in [2.24, 2.45) is 5.92 Å². The summed E-state index contributed by atoms with van der Waals surface area (Å²) in [6, 6.07) is 0. The molecule has 0 spiro atoms. The molecule has 0 radical (unpaired) electrons. The summed E-state index contributed by atoms with van der Waals surface area (Å²) in [6.45, 7) is 5.58. The van der Waals surface area contributed by atoms with E-state index in [2.05, 4.69) is 0 Å². The van der Waals surface area contributed by atoms with Gasteiger partial charge in [-0.1, -0.05) is 6.08 Å². The molecule has 0 aromatic carbocycles. The Hall–Kier alpha value is -1.32. The maximum atomic E-state index is 12.0. The predicted molar refractivity (Wildman–Crippen MR) is 65.8 cm³/mol. The van der Waals surface area contributed by atoms with Gasteiger partial charge in [-0.25, -0.2) is 4.79 Å². The fourth-order valence-corrected chi connectivity index (χ4v) is 2.42. The smallest absolute Gasteiger partial charge is 0.334 e. The molecule has 2 rings (SSSR count). The van der Waals surface area contributed by atoms with Crippen LogP contribution in [0.5, 0.6) is 0 Å². The third-order valence-corrected chi connectivity index (χ3v) is 3.28. The molecule has 0 saturated carbocycles. The Morgan fingerprint density at radius 1 is 1.44 bits per heavy atom. The standard InChI is InChI=1S/C14H20O4/c1-14(2,3)18-13(16)9-4-5-10-8-12(15)17-11(10)7-6-9/h6,10-11H,4-5,7-8H2,1-3H3. The normalized spacial score (nSPS) is 27.9. The van der Waals surface area contributed by atoms with Crippen LogP contribution in [0.15, 0.2) is 11.6 Å². The number of carbonyl (C=O) groups excluding carboxylic acids is 2. The summed E-state index contributed by atoms with van der Waals surface area (Å²) in [5, 5.41) is 0. The molecule has 4 heteroatoms. The summed E-state index contributed by atoms with van der Waals surface area (Å²) in [5.41, 5.74) is 0.252. The second-order valence-electron chi connectivity index (χ2n) is 6.00. The van der Waals surface area contributed by atoms with Crippen molar-refractivity contribution in [2.75, 3.05) is 0 Å². The third-order valence-electron chi connectivity index (χ3n) is 3.28. The second kappa shape index (κ2) is 4.75. The molecule has 1 heterocycles. The molecule has 1 saturated heterocycles. The number of hydrogen-bond donors (Lipinski definition) is 0. The molecule has 1 fully saturated rings. The van der Waals surface area contributed by atoms with E-state index in [0.717, 1.165) is 12.0 Å². The fraction of sp³-hybridized carbons (Fsp3) is 0.714. The van der Waals surface area contributed by atoms with E-state index in [1.807, 2.05) is 26.8 Å². The molecule has 0 bridgehead atoms. The Bertz CT molecular complexity index is 389. The molecular weight excluding hydrogens is 232 g/mol. The summed E-state index contributed by atoms with van der Waals surface area (Å²) in [5.74, 6) is -0.0957. The zero-order chi connectivity index (χ0) is 13.3. The Morgan fingerprint density at radius 2 is 2.17 bits per heavy atom. The van der Waals surface area contributed by atoms with Gasteiger partial charge in [-0.05, 0) is 33.6 Å². The summed E-state index contributed by atoms with van der Waals surface area (Å²) < 4.78 is 10.6. The van der Waals surface area contributed by atoms with E-state index in [0.29, 0.717) is 19.3 Å². The first-order valence-corrected chi connectivity index (χ1v) is 6.47. The van der Waals surface area contributed by atoms with E-state index in [1.165, 1.54) is 0 Å². The van der Waals surface area contributed by atoms with Crippen LogP contribution in [0.2, 0.25) is 0 Å².